The van der Waals surface area contributed by atoms with Gasteiger partial charge in [-0.3, -0.25) is 4.90 Å². The van der Waals surface area contributed by atoms with Crippen LogP contribution in [0, 0.1) is 5.41 Å². The molecule has 0 radical (unpaired) electrons. The lowest BCUT2D eigenvalue weighted by molar-refractivity contribution is 0.0831. The summed E-state index contributed by atoms with van der Waals surface area (Å²) in [5, 5.41) is 3.76. The van der Waals surface area contributed by atoms with Gasteiger partial charge in [-0.25, -0.2) is 0 Å². The van der Waals surface area contributed by atoms with E-state index in [4.69, 9.17) is 0 Å². The van der Waals surface area contributed by atoms with Gasteiger partial charge in [0.15, 0.2) is 0 Å². The lowest BCUT2D eigenvalue weighted by atomic mass is 9.83. The maximum Gasteiger partial charge on any atom is 0.0192 e. The third-order valence-electron chi connectivity index (χ3n) is 4.61. The molecule has 1 heterocycles. The van der Waals surface area contributed by atoms with Gasteiger partial charge in [0.2, 0.25) is 0 Å². The van der Waals surface area contributed by atoms with Crippen LogP contribution in [0.3, 0.4) is 0 Å². The SMILES string of the molecule is CC(CNC1CCCC1)N1CCCC(C)(C)C1. The molecule has 2 rings (SSSR count). The van der Waals surface area contributed by atoms with Crippen molar-refractivity contribution in [1.82, 2.24) is 10.2 Å². The summed E-state index contributed by atoms with van der Waals surface area (Å²) in [5.74, 6) is 0. The summed E-state index contributed by atoms with van der Waals surface area (Å²) < 4.78 is 0. The fourth-order valence-electron chi connectivity index (χ4n) is 3.44. The number of hydrogen-bond acceptors (Lipinski definition) is 2. The fraction of sp³-hybridized carbons (Fsp3) is 1.00. The van der Waals surface area contributed by atoms with E-state index in [1.807, 2.05) is 0 Å². The van der Waals surface area contributed by atoms with Crippen molar-refractivity contribution in [3.05, 3.63) is 0 Å². The number of likely N-dealkylation sites (tertiary alicyclic amines) is 1. The molecule has 1 saturated heterocycles. The minimum Gasteiger partial charge on any atom is -0.312 e. The van der Waals surface area contributed by atoms with Crippen molar-refractivity contribution in [2.24, 2.45) is 5.41 Å². The second-order valence-electron chi connectivity index (χ2n) is 6.98. The molecule has 0 spiro atoms. The van der Waals surface area contributed by atoms with Crippen molar-refractivity contribution < 1.29 is 0 Å². The fourth-order valence-corrected chi connectivity index (χ4v) is 3.44. The molecule has 2 heteroatoms. The summed E-state index contributed by atoms with van der Waals surface area (Å²) in [6.45, 7) is 11.0. The first-order valence-corrected chi connectivity index (χ1v) is 7.54. The molecular formula is C15H30N2. The first kappa shape index (κ1) is 13.4. The Morgan fingerprint density at radius 1 is 1.24 bits per heavy atom. The van der Waals surface area contributed by atoms with Crippen molar-refractivity contribution >= 4 is 0 Å². The number of hydrogen-bond donors (Lipinski definition) is 1. The molecule has 17 heavy (non-hydrogen) atoms. The van der Waals surface area contributed by atoms with Crippen LogP contribution in [0.5, 0.6) is 0 Å². The van der Waals surface area contributed by atoms with Crippen molar-refractivity contribution in [3.63, 3.8) is 0 Å². The molecule has 1 atom stereocenters. The Bertz CT molecular complexity index is 231. The molecule has 0 aromatic rings. The third-order valence-corrected chi connectivity index (χ3v) is 4.61. The smallest absolute Gasteiger partial charge is 0.0192 e. The maximum atomic E-state index is 3.76. The van der Waals surface area contributed by atoms with E-state index in [1.54, 1.807) is 0 Å². The summed E-state index contributed by atoms with van der Waals surface area (Å²) in [4.78, 5) is 2.69. The first-order valence-electron chi connectivity index (χ1n) is 7.54. The average molecular weight is 238 g/mol. The van der Waals surface area contributed by atoms with Crippen molar-refractivity contribution in [3.8, 4) is 0 Å². The van der Waals surface area contributed by atoms with E-state index < -0.39 is 0 Å². The van der Waals surface area contributed by atoms with Crippen LogP contribution in [-0.2, 0) is 0 Å². The third kappa shape index (κ3) is 3.96. The normalized spacial score (nSPS) is 28.4. The van der Waals surface area contributed by atoms with Gasteiger partial charge in [-0.2, -0.15) is 0 Å². The number of nitrogens with zero attached hydrogens (tertiary/aromatic N) is 1. The summed E-state index contributed by atoms with van der Waals surface area (Å²) in [6.07, 6.45) is 8.44. The minimum atomic E-state index is 0.528. The molecule has 1 saturated carbocycles. The van der Waals surface area contributed by atoms with Crippen LogP contribution >= 0.6 is 0 Å². The zero-order valence-corrected chi connectivity index (χ0v) is 12.0. The van der Waals surface area contributed by atoms with Crippen molar-refractivity contribution in [2.75, 3.05) is 19.6 Å². The number of nitrogens with one attached hydrogen (secondary N) is 1. The Balaban J connectivity index is 1.72. The van der Waals surface area contributed by atoms with E-state index in [2.05, 4.69) is 31.0 Å². The Morgan fingerprint density at radius 2 is 1.94 bits per heavy atom. The Hall–Kier alpha value is -0.0800. The highest BCUT2D eigenvalue weighted by molar-refractivity contribution is 4.84. The van der Waals surface area contributed by atoms with E-state index >= 15 is 0 Å². The Kier molecular flexibility index (Phi) is 4.48. The summed E-state index contributed by atoms with van der Waals surface area (Å²) in [5.41, 5.74) is 0.528. The second kappa shape index (κ2) is 5.71. The summed E-state index contributed by atoms with van der Waals surface area (Å²) in [6, 6.07) is 1.52. The topological polar surface area (TPSA) is 15.3 Å². The predicted molar refractivity (Wildman–Crippen MR) is 74.3 cm³/mol. The average Bonchev–Trinajstić information content (AvgIpc) is 2.77. The number of piperidine rings is 1. The lowest BCUT2D eigenvalue weighted by Gasteiger charge is -2.41. The molecule has 0 amide bonds. The molecule has 0 aromatic carbocycles. The van der Waals surface area contributed by atoms with Crippen LogP contribution < -0.4 is 5.32 Å². The van der Waals surface area contributed by atoms with E-state index in [-0.39, 0.29) is 0 Å². The highest BCUT2D eigenvalue weighted by atomic mass is 15.2. The van der Waals surface area contributed by atoms with Crippen LogP contribution in [-0.4, -0.2) is 36.6 Å². The van der Waals surface area contributed by atoms with Crippen LogP contribution in [0.15, 0.2) is 0 Å². The molecule has 1 N–H and O–H groups in total. The standard InChI is InChI=1S/C15H30N2/c1-13(11-16-14-7-4-5-8-14)17-10-6-9-15(2,3)12-17/h13-14,16H,4-12H2,1-3H3. The highest BCUT2D eigenvalue weighted by Gasteiger charge is 2.29. The van der Waals surface area contributed by atoms with E-state index in [9.17, 15) is 0 Å². The van der Waals surface area contributed by atoms with Gasteiger partial charge in [0, 0.05) is 25.2 Å². The molecule has 2 nitrogen and oxygen atoms in total. The summed E-state index contributed by atoms with van der Waals surface area (Å²) >= 11 is 0. The van der Waals surface area contributed by atoms with Crippen LogP contribution in [0.1, 0.15) is 59.3 Å². The quantitative estimate of drug-likeness (QED) is 0.810. The van der Waals surface area contributed by atoms with Gasteiger partial charge in [0.1, 0.15) is 0 Å². The van der Waals surface area contributed by atoms with E-state index in [1.165, 1.54) is 58.2 Å². The number of rotatable bonds is 4. The van der Waals surface area contributed by atoms with Gasteiger partial charge in [-0.15, -0.1) is 0 Å². The van der Waals surface area contributed by atoms with Gasteiger partial charge < -0.3 is 5.32 Å². The van der Waals surface area contributed by atoms with Gasteiger partial charge in [0.25, 0.3) is 0 Å². The van der Waals surface area contributed by atoms with Crippen molar-refractivity contribution in [1.29, 1.82) is 0 Å². The van der Waals surface area contributed by atoms with Gasteiger partial charge in [-0.1, -0.05) is 26.7 Å². The molecule has 0 aromatic heterocycles. The predicted octanol–water partition coefficient (Wildman–Crippen LogP) is 3.03. The molecule has 1 unspecified atom stereocenters. The highest BCUT2D eigenvalue weighted by Crippen LogP contribution is 2.29. The van der Waals surface area contributed by atoms with Crippen LogP contribution in [0.25, 0.3) is 0 Å². The van der Waals surface area contributed by atoms with E-state index in [0.29, 0.717) is 11.5 Å². The molecule has 2 fully saturated rings. The molecule has 100 valence electrons. The molecular weight excluding hydrogens is 208 g/mol. The molecule has 1 aliphatic carbocycles. The molecule has 2 aliphatic rings. The minimum absolute atomic E-state index is 0.528. The van der Waals surface area contributed by atoms with Crippen molar-refractivity contribution in [2.45, 2.75) is 71.4 Å². The van der Waals surface area contributed by atoms with E-state index in [0.717, 1.165) is 6.04 Å². The zero-order valence-electron chi connectivity index (χ0n) is 12.0. The van der Waals surface area contributed by atoms with Crippen LogP contribution in [0.2, 0.25) is 0 Å². The first-order chi connectivity index (χ1) is 8.07. The summed E-state index contributed by atoms with van der Waals surface area (Å²) in [7, 11) is 0. The monoisotopic (exact) mass is 238 g/mol. The van der Waals surface area contributed by atoms with Gasteiger partial charge in [0.05, 0.1) is 0 Å². The Labute approximate surface area is 107 Å². The van der Waals surface area contributed by atoms with Gasteiger partial charge in [-0.05, 0) is 44.6 Å². The lowest BCUT2D eigenvalue weighted by Crippen LogP contribution is -2.49. The Morgan fingerprint density at radius 3 is 2.59 bits per heavy atom. The largest absolute Gasteiger partial charge is 0.312 e. The maximum absolute atomic E-state index is 3.76. The van der Waals surface area contributed by atoms with Gasteiger partial charge >= 0.3 is 0 Å². The molecule has 1 aliphatic heterocycles. The molecule has 0 bridgehead atoms. The van der Waals surface area contributed by atoms with Crippen LogP contribution in [0.4, 0.5) is 0 Å². The zero-order chi connectivity index (χ0) is 12.3. The second-order valence-corrected chi connectivity index (χ2v) is 6.98.